The van der Waals surface area contributed by atoms with Crippen LogP contribution in [0.3, 0.4) is 0 Å². The first-order valence-electron chi connectivity index (χ1n) is 16.7. The molecule has 0 aliphatic carbocycles. The fraction of sp³-hybridized carbons (Fsp3) is 0.719. The van der Waals surface area contributed by atoms with Crippen LogP contribution in [-0.4, -0.2) is 87.6 Å². The summed E-state index contributed by atoms with van der Waals surface area (Å²) in [7, 11) is -7.43. The Morgan fingerprint density at radius 3 is 2.02 bits per heavy atom. The summed E-state index contributed by atoms with van der Waals surface area (Å²) in [5, 5.41) is 12.9. The number of hydrogen-bond acceptors (Lipinski definition) is 10. The SMILES string of the molecule is CC(C)(C[C@@H]1C(CO[Si](C)(C)C(C)(C)C)OC(n2cnc3c(N)nc(-n4cc(C(=O)O)cn4)nc32)[C@@H]1CC(C)(C)[Si](C)(C)O)[Si](C)(C)O. The highest BCUT2D eigenvalue weighted by atomic mass is 28.4. The quantitative estimate of drug-likeness (QED) is 0.157. The van der Waals surface area contributed by atoms with E-state index in [1.165, 1.54) is 17.1 Å². The second-order valence-corrected chi connectivity index (χ2v) is 31.2. The molecule has 13 nitrogen and oxygen atoms in total. The number of aromatic carboxylic acids is 1. The van der Waals surface area contributed by atoms with Gasteiger partial charge in [-0.15, -0.1) is 0 Å². The monoisotopic (exact) mass is 719 g/mol. The number of nitrogens with two attached hydrogens (primary N) is 1. The number of rotatable bonds is 12. The van der Waals surface area contributed by atoms with Gasteiger partial charge in [0.25, 0.3) is 5.95 Å². The molecular formula is C32H57N7O6Si3. The van der Waals surface area contributed by atoms with Crippen LogP contribution in [0.4, 0.5) is 5.82 Å². The number of aromatic nitrogens is 6. The van der Waals surface area contributed by atoms with Crippen molar-refractivity contribution in [2.45, 2.75) is 128 Å². The number of anilines is 1. The van der Waals surface area contributed by atoms with Gasteiger partial charge in [0.1, 0.15) is 11.7 Å². The summed E-state index contributed by atoms with van der Waals surface area (Å²) in [6, 6.07) is 0. The summed E-state index contributed by atoms with van der Waals surface area (Å²) in [5.41, 5.74) is 7.21. The summed E-state index contributed by atoms with van der Waals surface area (Å²) in [5.74, 6) is -1.01. The number of carboxylic acid groups (broad SMARTS) is 1. The molecule has 268 valence electrons. The normalized spacial score (nSPS) is 21.7. The lowest BCUT2D eigenvalue weighted by molar-refractivity contribution is -0.0353. The largest absolute Gasteiger partial charge is 0.478 e. The molecule has 0 spiro atoms. The zero-order chi connectivity index (χ0) is 36.4. The molecule has 1 aliphatic heterocycles. The minimum Gasteiger partial charge on any atom is -0.478 e. The van der Waals surface area contributed by atoms with E-state index in [-0.39, 0.29) is 50.4 Å². The Bertz CT molecular complexity index is 1640. The minimum absolute atomic E-state index is 0.00604. The lowest BCUT2D eigenvalue weighted by atomic mass is 9.78. The number of hydrogen-bond donors (Lipinski definition) is 4. The van der Waals surface area contributed by atoms with Gasteiger partial charge in [0.15, 0.2) is 36.4 Å². The topological polar surface area (TPSA) is 184 Å². The molecule has 4 heterocycles. The maximum absolute atomic E-state index is 11.5. The van der Waals surface area contributed by atoms with Gasteiger partial charge >= 0.3 is 5.97 Å². The first-order valence-corrected chi connectivity index (χ1v) is 25.5. The number of nitrogen functional groups attached to an aromatic ring is 1. The summed E-state index contributed by atoms with van der Waals surface area (Å²) in [6.07, 6.45) is 4.75. The number of carboxylic acids is 1. The molecule has 3 aromatic rings. The second-order valence-electron chi connectivity index (χ2n) is 17.5. The van der Waals surface area contributed by atoms with Crippen LogP contribution in [0, 0.1) is 11.8 Å². The van der Waals surface area contributed by atoms with Crippen LogP contribution in [-0.2, 0) is 9.16 Å². The van der Waals surface area contributed by atoms with E-state index in [9.17, 15) is 19.5 Å². The number of imidazole rings is 1. The van der Waals surface area contributed by atoms with E-state index in [2.05, 4.69) is 76.6 Å². The Balaban J connectivity index is 1.89. The van der Waals surface area contributed by atoms with Crippen LogP contribution in [0.15, 0.2) is 18.7 Å². The zero-order valence-corrected chi connectivity index (χ0v) is 34.0. The summed E-state index contributed by atoms with van der Waals surface area (Å²) in [4.78, 5) is 48.2. The Morgan fingerprint density at radius 2 is 1.52 bits per heavy atom. The van der Waals surface area contributed by atoms with Crippen molar-refractivity contribution < 1.29 is 28.7 Å². The lowest BCUT2D eigenvalue weighted by Gasteiger charge is -2.43. The van der Waals surface area contributed by atoms with Gasteiger partial charge < -0.3 is 29.6 Å². The molecule has 4 atom stereocenters. The molecule has 0 radical (unpaired) electrons. The minimum atomic E-state index is -2.66. The van der Waals surface area contributed by atoms with Gasteiger partial charge in [-0.1, -0.05) is 48.5 Å². The first-order chi connectivity index (χ1) is 21.7. The molecule has 1 saturated heterocycles. The Labute approximate surface area is 287 Å². The Kier molecular flexibility index (Phi) is 10.1. The molecule has 5 N–H and O–H groups in total. The van der Waals surface area contributed by atoms with E-state index in [1.807, 2.05) is 30.8 Å². The van der Waals surface area contributed by atoms with Gasteiger partial charge in [0, 0.05) is 12.1 Å². The highest BCUT2D eigenvalue weighted by Gasteiger charge is 2.54. The van der Waals surface area contributed by atoms with Crippen LogP contribution in [0.5, 0.6) is 0 Å². The molecule has 2 unspecified atom stereocenters. The lowest BCUT2D eigenvalue weighted by Crippen LogP contribution is -2.46. The van der Waals surface area contributed by atoms with Gasteiger partial charge in [0.2, 0.25) is 0 Å². The van der Waals surface area contributed by atoms with Crippen molar-refractivity contribution in [1.29, 1.82) is 0 Å². The number of nitrogens with zero attached hydrogens (tertiary/aromatic N) is 6. The van der Waals surface area contributed by atoms with Gasteiger partial charge in [-0.05, 0) is 73.2 Å². The molecule has 16 heteroatoms. The smallest absolute Gasteiger partial charge is 0.338 e. The third kappa shape index (κ3) is 7.49. The van der Waals surface area contributed by atoms with Crippen molar-refractivity contribution in [2.24, 2.45) is 11.8 Å². The molecule has 3 aromatic heterocycles. The standard InChI is InChI=1S/C32H57N7O6Si3/c1-30(2,3)48(12,13)44-18-23-21(14-31(4,5)46(8,9)42)22(15-32(6,7)47(10,11)43)27(45-23)38-19-34-24-25(33)36-29(37-26(24)38)39-17-20(16-35-39)28(40)41/h16-17,19,21-23,27,42-43H,14-15,18H2,1-13H3,(H,40,41)(H2,33,36,37)/t21-,22+,23?,27?/m0/s1. The van der Waals surface area contributed by atoms with Crippen molar-refractivity contribution in [2.75, 3.05) is 12.3 Å². The van der Waals surface area contributed by atoms with Crippen LogP contribution in [0.25, 0.3) is 17.1 Å². The maximum atomic E-state index is 11.5. The summed E-state index contributed by atoms with van der Waals surface area (Å²) >= 11 is 0. The van der Waals surface area contributed by atoms with Crippen molar-refractivity contribution >= 4 is 47.9 Å². The van der Waals surface area contributed by atoms with Gasteiger partial charge in [0.05, 0.1) is 30.8 Å². The Morgan fingerprint density at radius 1 is 0.958 bits per heavy atom. The highest BCUT2D eigenvalue weighted by molar-refractivity contribution is 6.74. The van der Waals surface area contributed by atoms with Crippen molar-refractivity contribution in [1.82, 2.24) is 29.3 Å². The van der Waals surface area contributed by atoms with Gasteiger partial charge in [-0.25, -0.2) is 14.5 Å². The van der Waals surface area contributed by atoms with E-state index in [0.717, 1.165) is 0 Å². The zero-order valence-electron chi connectivity index (χ0n) is 31.0. The van der Waals surface area contributed by atoms with Crippen LogP contribution < -0.4 is 5.73 Å². The molecule has 0 amide bonds. The first kappa shape index (κ1) is 38.3. The van der Waals surface area contributed by atoms with Crippen molar-refractivity contribution in [3.05, 3.63) is 24.3 Å². The molecule has 4 rings (SSSR count). The van der Waals surface area contributed by atoms with Crippen LogP contribution in [0.1, 0.15) is 77.9 Å². The number of ether oxygens (including phenoxy) is 1. The summed E-state index contributed by atoms with van der Waals surface area (Å²) < 4.78 is 17.1. The highest BCUT2D eigenvalue weighted by Crippen LogP contribution is 2.56. The van der Waals surface area contributed by atoms with Crippen molar-refractivity contribution in [3.63, 3.8) is 0 Å². The van der Waals surface area contributed by atoms with Gasteiger partial charge in [-0.2, -0.15) is 15.1 Å². The van der Waals surface area contributed by atoms with Crippen molar-refractivity contribution in [3.8, 4) is 5.95 Å². The third-order valence-electron chi connectivity index (χ3n) is 11.7. The fourth-order valence-electron chi connectivity index (χ4n) is 5.78. The average Bonchev–Trinajstić information content (AvgIpc) is 3.64. The number of fused-ring (bicyclic) bond motifs is 1. The molecule has 1 aliphatic rings. The molecule has 0 saturated carbocycles. The maximum Gasteiger partial charge on any atom is 0.338 e. The third-order valence-corrected chi connectivity index (χ3v) is 23.2. The van der Waals surface area contributed by atoms with E-state index < -0.39 is 37.1 Å². The van der Waals surface area contributed by atoms with E-state index in [0.29, 0.717) is 30.6 Å². The van der Waals surface area contributed by atoms with Crippen LogP contribution >= 0.6 is 0 Å². The second kappa shape index (κ2) is 12.7. The Hall–Kier alpha value is -2.48. The van der Waals surface area contributed by atoms with Crippen LogP contribution in [0.2, 0.25) is 54.4 Å². The molecular weight excluding hydrogens is 663 g/mol. The molecule has 0 aromatic carbocycles. The molecule has 0 bridgehead atoms. The predicted octanol–water partition coefficient (Wildman–Crippen LogP) is 6.18. The average molecular weight is 720 g/mol. The number of carbonyl (C=O) groups is 1. The van der Waals surface area contributed by atoms with Gasteiger partial charge in [-0.3, -0.25) is 4.57 Å². The fourth-order valence-corrected chi connectivity index (χ4v) is 8.27. The van der Waals surface area contributed by atoms with E-state index in [1.54, 1.807) is 6.33 Å². The van der Waals surface area contributed by atoms with E-state index in [4.69, 9.17) is 19.9 Å². The predicted molar refractivity (Wildman–Crippen MR) is 195 cm³/mol. The molecule has 1 fully saturated rings. The summed E-state index contributed by atoms with van der Waals surface area (Å²) in [6.45, 7) is 28.0. The van der Waals surface area contributed by atoms with E-state index >= 15 is 0 Å². The molecule has 48 heavy (non-hydrogen) atoms.